The number of allylic oxidation sites excluding steroid dienone is 1. The van der Waals surface area contributed by atoms with E-state index in [2.05, 4.69) is 38.4 Å². The fourth-order valence-corrected chi connectivity index (χ4v) is 3.45. The largest absolute Gasteiger partial charge is 0.487 e. The minimum Gasteiger partial charge on any atom is -0.487 e. The topological polar surface area (TPSA) is 50.1 Å². The second-order valence-electron chi connectivity index (χ2n) is 4.78. The van der Waals surface area contributed by atoms with Gasteiger partial charge in [-0.3, -0.25) is 4.79 Å². The highest BCUT2D eigenvalue weighted by molar-refractivity contribution is 9.11. The number of carbonyl (C=O) groups excluding carboxylic acids is 1. The normalized spacial score (nSPS) is 10.8. The summed E-state index contributed by atoms with van der Waals surface area (Å²) in [7, 11) is 0. The van der Waals surface area contributed by atoms with Crippen LogP contribution in [-0.2, 0) is 0 Å². The van der Waals surface area contributed by atoms with Gasteiger partial charge in [0.1, 0.15) is 24.0 Å². The maximum Gasteiger partial charge on any atom is 0.203 e. The molecule has 2 rings (SSSR count). The third-order valence-electron chi connectivity index (χ3n) is 3.08. The number of ketones is 1. The van der Waals surface area contributed by atoms with Gasteiger partial charge in [0.25, 0.3) is 0 Å². The van der Waals surface area contributed by atoms with Gasteiger partial charge in [-0.1, -0.05) is 43.0 Å². The Kier molecular flexibility index (Phi) is 6.53. The summed E-state index contributed by atoms with van der Waals surface area (Å²) in [6, 6.07) is 14.3. The van der Waals surface area contributed by atoms with Crippen LogP contribution < -0.4 is 4.74 Å². The van der Waals surface area contributed by atoms with Gasteiger partial charge in [-0.15, -0.1) is 0 Å². The first-order valence-corrected chi connectivity index (χ1v) is 8.59. The van der Waals surface area contributed by atoms with Gasteiger partial charge in [0.15, 0.2) is 0 Å². The van der Waals surface area contributed by atoms with Crippen molar-refractivity contribution in [2.45, 2.75) is 0 Å². The highest BCUT2D eigenvalue weighted by Crippen LogP contribution is 2.35. The molecule has 0 bridgehead atoms. The summed E-state index contributed by atoms with van der Waals surface area (Å²) >= 11 is 6.87. The molecule has 0 saturated carbocycles. The van der Waals surface area contributed by atoms with Crippen molar-refractivity contribution in [3.63, 3.8) is 0 Å². The van der Waals surface area contributed by atoms with Gasteiger partial charge < -0.3 is 4.74 Å². The van der Waals surface area contributed by atoms with Crippen LogP contribution in [0, 0.1) is 11.3 Å². The molecule has 0 spiro atoms. The van der Waals surface area contributed by atoms with Crippen molar-refractivity contribution in [3.05, 3.63) is 80.8 Å². The summed E-state index contributed by atoms with van der Waals surface area (Å²) in [6.07, 6.45) is 3.21. The third kappa shape index (κ3) is 4.44. The number of halogens is 2. The molecule has 0 unspecified atom stereocenters. The number of hydrogen-bond acceptors (Lipinski definition) is 3. The number of nitriles is 1. The molecular formula is C19H13Br2NO2. The van der Waals surface area contributed by atoms with E-state index in [0.29, 0.717) is 23.5 Å². The SMILES string of the molecule is C=CCOc1c(Br)cc(C=C(C#N)C(=O)c2ccccc2)cc1Br. The van der Waals surface area contributed by atoms with E-state index < -0.39 is 0 Å². The zero-order valence-corrected chi connectivity index (χ0v) is 15.8. The Morgan fingerprint density at radius 3 is 2.38 bits per heavy atom. The van der Waals surface area contributed by atoms with Gasteiger partial charge in [-0.05, 0) is 55.6 Å². The van der Waals surface area contributed by atoms with Crippen LogP contribution in [0.15, 0.2) is 69.6 Å². The number of nitrogens with zero attached hydrogens (tertiary/aromatic N) is 1. The molecule has 0 heterocycles. The Bertz CT molecular complexity index is 813. The molecule has 3 nitrogen and oxygen atoms in total. The van der Waals surface area contributed by atoms with E-state index in [0.717, 1.165) is 8.95 Å². The molecule has 0 aromatic heterocycles. The van der Waals surface area contributed by atoms with Crippen LogP contribution in [0.2, 0.25) is 0 Å². The fraction of sp³-hybridized carbons (Fsp3) is 0.0526. The van der Waals surface area contributed by atoms with Crippen LogP contribution in [0.3, 0.4) is 0 Å². The average molecular weight is 447 g/mol. The molecule has 0 amide bonds. The minimum atomic E-state index is -0.308. The number of Topliss-reactive ketones (excluding diaryl/α,β-unsaturated/α-hetero) is 1. The first-order valence-electron chi connectivity index (χ1n) is 7.01. The zero-order chi connectivity index (χ0) is 17.5. The number of ether oxygens (including phenoxy) is 1. The lowest BCUT2D eigenvalue weighted by molar-refractivity contribution is 0.104. The Hall–Kier alpha value is -2.16. The quantitative estimate of drug-likeness (QED) is 0.252. The van der Waals surface area contributed by atoms with Crippen molar-refractivity contribution < 1.29 is 9.53 Å². The van der Waals surface area contributed by atoms with Gasteiger partial charge in [-0.2, -0.15) is 5.26 Å². The maximum absolute atomic E-state index is 12.4. The number of hydrogen-bond donors (Lipinski definition) is 0. The van der Waals surface area contributed by atoms with Crippen LogP contribution in [0.25, 0.3) is 6.08 Å². The molecule has 2 aromatic carbocycles. The van der Waals surface area contributed by atoms with E-state index in [1.54, 1.807) is 48.6 Å². The minimum absolute atomic E-state index is 0.0692. The number of carbonyl (C=O) groups is 1. The van der Waals surface area contributed by atoms with Crippen molar-refractivity contribution in [2.75, 3.05) is 6.61 Å². The van der Waals surface area contributed by atoms with Crippen molar-refractivity contribution in [1.82, 2.24) is 0 Å². The summed E-state index contributed by atoms with van der Waals surface area (Å²) in [6.45, 7) is 3.99. The fourth-order valence-electron chi connectivity index (χ4n) is 2.00. The second-order valence-corrected chi connectivity index (χ2v) is 6.49. The van der Waals surface area contributed by atoms with Gasteiger partial charge in [0.05, 0.1) is 8.95 Å². The van der Waals surface area contributed by atoms with Crippen molar-refractivity contribution in [1.29, 1.82) is 5.26 Å². The standard InChI is InChI=1S/C19H13Br2NO2/c1-2-8-24-19-16(20)10-13(11-17(19)21)9-15(12-22)18(23)14-6-4-3-5-7-14/h2-7,9-11H,1,8H2. The summed E-state index contributed by atoms with van der Waals surface area (Å²) in [4.78, 5) is 12.4. The molecule has 0 aliphatic heterocycles. The van der Waals surface area contributed by atoms with Gasteiger partial charge >= 0.3 is 0 Å². The lowest BCUT2D eigenvalue weighted by atomic mass is 10.0. The molecule has 0 aliphatic carbocycles. The highest BCUT2D eigenvalue weighted by Gasteiger charge is 2.13. The first kappa shape index (κ1) is 18.2. The van der Waals surface area contributed by atoms with Crippen LogP contribution in [0.5, 0.6) is 5.75 Å². The molecule has 0 aliphatic rings. The molecule has 24 heavy (non-hydrogen) atoms. The van der Waals surface area contributed by atoms with E-state index >= 15 is 0 Å². The molecule has 120 valence electrons. The van der Waals surface area contributed by atoms with Crippen LogP contribution in [0.1, 0.15) is 15.9 Å². The first-order chi connectivity index (χ1) is 11.6. The van der Waals surface area contributed by atoms with Gasteiger partial charge in [0.2, 0.25) is 5.78 Å². The maximum atomic E-state index is 12.4. The van der Waals surface area contributed by atoms with Crippen molar-refractivity contribution >= 4 is 43.7 Å². The smallest absolute Gasteiger partial charge is 0.203 e. The van der Waals surface area contributed by atoms with Gasteiger partial charge in [0, 0.05) is 5.56 Å². The summed E-state index contributed by atoms with van der Waals surface area (Å²) in [5, 5.41) is 9.33. The summed E-state index contributed by atoms with van der Waals surface area (Å²) < 4.78 is 6.99. The third-order valence-corrected chi connectivity index (χ3v) is 4.26. The Morgan fingerprint density at radius 2 is 1.83 bits per heavy atom. The van der Waals surface area contributed by atoms with E-state index in [1.165, 1.54) is 0 Å². The second kappa shape index (κ2) is 8.62. The lowest BCUT2D eigenvalue weighted by Crippen LogP contribution is -2.01. The lowest BCUT2D eigenvalue weighted by Gasteiger charge is -2.10. The molecule has 5 heteroatoms. The Balaban J connectivity index is 2.37. The monoisotopic (exact) mass is 445 g/mol. The van der Waals surface area contributed by atoms with E-state index in [1.807, 2.05) is 12.1 Å². The van der Waals surface area contributed by atoms with Crippen LogP contribution in [-0.4, -0.2) is 12.4 Å². The molecule has 2 aromatic rings. The Morgan fingerprint density at radius 1 is 1.21 bits per heavy atom. The molecule has 0 radical (unpaired) electrons. The molecule has 0 saturated heterocycles. The average Bonchev–Trinajstić information content (AvgIpc) is 2.59. The molecular weight excluding hydrogens is 434 g/mol. The predicted octanol–water partition coefficient (Wildman–Crippen LogP) is 5.57. The van der Waals surface area contributed by atoms with Crippen LogP contribution in [0.4, 0.5) is 0 Å². The van der Waals surface area contributed by atoms with E-state index in [4.69, 9.17) is 4.74 Å². The molecule has 0 N–H and O–H groups in total. The van der Waals surface area contributed by atoms with E-state index in [9.17, 15) is 10.1 Å². The number of benzene rings is 2. The van der Waals surface area contributed by atoms with E-state index in [-0.39, 0.29) is 11.4 Å². The van der Waals surface area contributed by atoms with Crippen LogP contribution >= 0.6 is 31.9 Å². The summed E-state index contributed by atoms with van der Waals surface area (Å²) in [5.74, 6) is 0.331. The van der Waals surface area contributed by atoms with Crippen molar-refractivity contribution in [2.24, 2.45) is 0 Å². The molecule has 0 atom stereocenters. The molecule has 0 fully saturated rings. The predicted molar refractivity (Wildman–Crippen MR) is 102 cm³/mol. The highest BCUT2D eigenvalue weighted by atomic mass is 79.9. The zero-order valence-electron chi connectivity index (χ0n) is 12.6. The van der Waals surface area contributed by atoms with Crippen molar-refractivity contribution in [3.8, 4) is 11.8 Å². The Labute approximate surface area is 157 Å². The number of rotatable bonds is 6. The van der Waals surface area contributed by atoms with Gasteiger partial charge in [-0.25, -0.2) is 0 Å². The summed E-state index contributed by atoms with van der Waals surface area (Å²) in [5.41, 5.74) is 1.26.